The van der Waals surface area contributed by atoms with Crippen molar-refractivity contribution in [2.24, 2.45) is 9.98 Å². The van der Waals surface area contributed by atoms with Crippen LogP contribution in [0.3, 0.4) is 0 Å². The summed E-state index contributed by atoms with van der Waals surface area (Å²) in [5.41, 5.74) is 2.04. The van der Waals surface area contributed by atoms with E-state index in [1.165, 1.54) is 0 Å². The molecule has 14 heavy (non-hydrogen) atoms. The van der Waals surface area contributed by atoms with Gasteiger partial charge in [-0.05, 0) is 55.4 Å². The molecule has 0 aromatic rings. The number of hydrogen-bond donors (Lipinski definition) is 0. The van der Waals surface area contributed by atoms with Crippen molar-refractivity contribution in [2.45, 2.75) is 66.5 Å². The van der Waals surface area contributed by atoms with Crippen molar-refractivity contribution in [3.8, 4) is 0 Å². The van der Waals surface area contributed by atoms with Crippen LogP contribution in [0.25, 0.3) is 0 Å². The molecule has 2 nitrogen and oxygen atoms in total. The molecule has 0 atom stereocenters. The lowest BCUT2D eigenvalue weighted by atomic mass is 10.1. The highest BCUT2D eigenvalue weighted by Crippen LogP contribution is 2.10. The minimum Gasteiger partial charge on any atom is -0.282 e. The first-order chi connectivity index (χ1) is 6.01. The predicted molar refractivity (Wildman–Crippen MR) is 65.7 cm³/mol. The summed E-state index contributed by atoms with van der Waals surface area (Å²) in [6.07, 6.45) is 0. The molecule has 0 saturated heterocycles. The van der Waals surface area contributed by atoms with Crippen molar-refractivity contribution in [2.75, 3.05) is 0 Å². The quantitative estimate of drug-likeness (QED) is 0.573. The van der Waals surface area contributed by atoms with E-state index in [0.717, 1.165) is 11.4 Å². The Morgan fingerprint density at radius 3 is 1.00 bits per heavy atom. The smallest absolute Gasteiger partial charge is 0.0531 e. The second kappa shape index (κ2) is 4.24. The monoisotopic (exact) mass is 196 g/mol. The molecule has 82 valence electrons. The Kier molecular flexibility index (Phi) is 4.04. The fraction of sp³-hybridized carbons (Fsp3) is 0.833. The largest absolute Gasteiger partial charge is 0.282 e. The molecule has 0 aliphatic rings. The van der Waals surface area contributed by atoms with E-state index < -0.39 is 0 Å². The lowest BCUT2D eigenvalue weighted by molar-refractivity contribution is 0.578. The Bertz CT molecular complexity index is 218. The molecule has 0 rings (SSSR count). The summed E-state index contributed by atoms with van der Waals surface area (Å²) in [6, 6.07) is 0. The summed E-state index contributed by atoms with van der Waals surface area (Å²) in [7, 11) is 0. The van der Waals surface area contributed by atoms with Crippen LogP contribution >= 0.6 is 0 Å². The van der Waals surface area contributed by atoms with E-state index in [1.807, 2.05) is 13.8 Å². The lowest BCUT2D eigenvalue weighted by Crippen LogP contribution is -2.20. The topological polar surface area (TPSA) is 24.7 Å². The second-order valence-corrected chi connectivity index (χ2v) is 5.74. The SMILES string of the molecule is CC(=NC(C)(C)C)C(C)=NC(C)(C)C. The van der Waals surface area contributed by atoms with Crippen LogP contribution in [0.1, 0.15) is 55.4 Å². The zero-order valence-electron chi connectivity index (χ0n) is 10.9. The van der Waals surface area contributed by atoms with Crippen LogP contribution in [0.5, 0.6) is 0 Å². The van der Waals surface area contributed by atoms with Gasteiger partial charge in [-0.2, -0.15) is 0 Å². The van der Waals surface area contributed by atoms with Crippen LogP contribution in [-0.2, 0) is 0 Å². The number of nitrogens with zero attached hydrogens (tertiary/aromatic N) is 2. The molecule has 0 unspecified atom stereocenters. The van der Waals surface area contributed by atoms with Crippen molar-refractivity contribution in [1.82, 2.24) is 0 Å². The predicted octanol–water partition coefficient (Wildman–Crippen LogP) is 3.51. The van der Waals surface area contributed by atoms with Gasteiger partial charge < -0.3 is 0 Å². The maximum absolute atomic E-state index is 4.58. The van der Waals surface area contributed by atoms with Gasteiger partial charge in [0.1, 0.15) is 0 Å². The summed E-state index contributed by atoms with van der Waals surface area (Å²) in [6.45, 7) is 16.6. The van der Waals surface area contributed by atoms with E-state index in [9.17, 15) is 0 Å². The third kappa shape index (κ3) is 6.81. The van der Waals surface area contributed by atoms with Gasteiger partial charge in [0.15, 0.2) is 0 Å². The van der Waals surface area contributed by atoms with Gasteiger partial charge in [0.25, 0.3) is 0 Å². The molecule has 0 spiro atoms. The van der Waals surface area contributed by atoms with Crippen LogP contribution in [0.15, 0.2) is 9.98 Å². The summed E-state index contributed by atoms with van der Waals surface area (Å²) >= 11 is 0. The van der Waals surface area contributed by atoms with Crippen LogP contribution in [-0.4, -0.2) is 22.5 Å². The minimum atomic E-state index is -0.0151. The number of hydrogen-bond acceptors (Lipinski definition) is 2. The van der Waals surface area contributed by atoms with E-state index in [4.69, 9.17) is 0 Å². The van der Waals surface area contributed by atoms with Crippen molar-refractivity contribution in [3.63, 3.8) is 0 Å². The molecule has 2 heteroatoms. The third-order valence-corrected chi connectivity index (χ3v) is 1.53. The minimum absolute atomic E-state index is 0.0151. The summed E-state index contributed by atoms with van der Waals surface area (Å²) in [5, 5.41) is 0. The summed E-state index contributed by atoms with van der Waals surface area (Å²) in [4.78, 5) is 9.16. The highest BCUT2D eigenvalue weighted by Gasteiger charge is 2.11. The summed E-state index contributed by atoms with van der Waals surface area (Å²) < 4.78 is 0. The van der Waals surface area contributed by atoms with E-state index in [0.29, 0.717) is 0 Å². The van der Waals surface area contributed by atoms with Crippen LogP contribution in [0.4, 0.5) is 0 Å². The molecule has 0 aromatic heterocycles. The van der Waals surface area contributed by atoms with Gasteiger partial charge in [-0.1, -0.05) is 0 Å². The lowest BCUT2D eigenvalue weighted by Gasteiger charge is -2.17. The van der Waals surface area contributed by atoms with Crippen molar-refractivity contribution >= 4 is 11.4 Å². The first-order valence-corrected chi connectivity index (χ1v) is 5.14. The molecule has 0 radical (unpaired) electrons. The molecule has 0 aliphatic carbocycles. The molecule has 0 amide bonds. The number of rotatable bonds is 1. The molecule has 0 N–H and O–H groups in total. The fourth-order valence-corrected chi connectivity index (χ4v) is 1.17. The van der Waals surface area contributed by atoms with Gasteiger partial charge in [-0.15, -0.1) is 0 Å². The van der Waals surface area contributed by atoms with Gasteiger partial charge in [0.2, 0.25) is 0 Å². The molecule has 0 saturated carbocycles. The average Bonchev–Trinajstić information content (AvgIpc) is 1.78. The van der Waals surface area contributed by atoms with E-state index in [2.05, 4.69) is 51.5 Å². The molecule has 0 heterocycles. The Morgan fingerprint density at radius 2 is 0.857 bits per heavy atom. The van der Waals surface area contributed by atoms with Gasteiger partial charge in [-0.3, -0.25) is 9.98 Å². The van der Waals surface area contributed by atoms with Gasteiger partial charge >= 0.3 is 0 Å². The number of aliphatic imine (C=N–C) groups is 2. The Morgan fingerprint density at radius 1 is 0.643 bits per heavy atom. The zero-order chi connectivity index (χ0) is 11.6. The van der Waals surface area contributed by atoms with E-state index in [1.54, 1.807) is 0 Å². The molecular weight excluding hydrogens is 172 g/mol. The fourth-order valence-electron chi connectivity index (χ4n) is 1.17. The van der Waals surface area contributed by atoms with Gasteiger partial charge in [0, 0.05) is 0 Å². The van der Waals surface area contributed by atoms with Crippen LogP contribution < -0.4 is 0 Å². The van der Waals surface area contributed by atoms with E-state index >= 15 is 0 Å². The molecule has 0 aliphatic heterocycles. The molecule has 0 bridgehead atoms. The standard InChI is InChI=1S/C12H24N2/c1-9(13-11(3,4)5)10(2)14-12(6,7)8/h1-8H3. The van der Waals surface area contributed by atoms with Crippen molar-refractivity contribution < 1.29 is 0 Å². The molecule has 0 fully saturated rings. The maximum Gasteiger partial charge on any atom is 0.0531 e. The molecular formula is C12H24N2. The maximum atomic E-state index is 4.58. The Hall–Kier alpha value is -0.660. The first kappa shape index (κ1) is 13.3. The van der Waals surface area contributed by atoms with Crippen molar-refractivity contribution in [1.29, 1.82) is 0 Å². The normalized spacial score (nSPS) is 16.0. The Labute approximate surface area is 88.5 Å². The van der Waals surface area contributed by atoms with Crippen LogP contribution in [0, 0.1) is 0 Å². The van der Waals surface area contributed by atoms with E-state index in [-0.39, 0.29) is 11.1 Å². The van der Waals surface area contributed by atoms with Crippen LogP contribution in [0.2, 0.25) is 0 Å². The highest BCUT2D eigenvalue weighted by atomic mass is 14.9. The van der Waals surface area contributed by atoms with Gasteiger partial charge in [0.05, 0.1) is 22.5 Å². The highest BCUT2D eigenvalue weighted by molar-refractivity contribution is 6.40. The summed E-state index contributed by atoms with van der Waals surface area (Å²) in [5.74, 6) is 0. The zero-order valence-corrected chi connectivity index (χ0v) is 10.9. The third-order valence-electron chi connectivity index (χ3n) is 1.53. The second-order valence-electron chi connectivity index (χ2n) is 5.74. The van der Waals surface area contributed by atoms with Gasteiger partial charge in [-0.25, -0.2) is 0 Å². The Balaban J connectivity index is 4.81. The first-order valence-electron chi connectivity index (χ1n) is 5.14. The molecule has 0 aromatic carbocycles. The van der Waals surface area contributed by atoms with Crippen molar-refractivity contribution in [3.05, 3.63) is 0 Å². The average molecular weight is 196 g/mol.